The number of carbonyl (C=O) groups is 4. The van der Waals surface area contributed by atoms with Gasteiger partial charge in [0, 0.05) is 15.6 Å². The zero-order valence-electron chi connectivity index (χ0n) is 21.2. The van der Waals surface area contributed by atoms with E-state index in [2.05, 4.69) is 15.9 Å². The Labute approximate surface area is 237 Å². The molecule has 0 saturated carbocycles. The lowest BCUT2D eigenvalue weighted by molar-refractivity contribution is 0.0496. The second-order valence-electron chi connectivity index (χ2n) is 8.55. The Hall–Kier alpha value is -4.76. The molecule has 0 saturated heterocycles. The van der Waals surface area contributed by atoms with Crippen molar-refractivity contribution in [2.24, 2.45) is 0 Å². The van der Waals surface area contributed by atoms with Crippen molar-refractivity contribution in [2.75, 3.05) is 6.61 Å². The highest BCUT2D eigenvalue weighted by Crippen LogP contribution is 2.46. The molecule has 2 N–H and O–H groups in total. The smallest absolute Gasteiger partial charge is 0.343 e. The summed E-state index contributed by atoms with van der Waals surface area (Å²) < 4.78 is 11.1. The van der Waals surface area contributed by atoms with Crippen molar-refractivity contribution in [3.8, 4) is 17.2 Å². The van der Waals surface area contributed by atoms with E-state index in [1.807, 2.05) is 0 Å². The molecule has 0 aliphatic carbocycles. The first-order valence-corrected chi connectivity index (χ1v) is 13.0. The molecule has 202 valence electrons. The molecule has 0 radical (unpaired) electrons. The van der Waals surface area contributed by atoms with E-state index in [-0.39, 0.29) is 23.3 Å². The lowest BCUT2D eigenvalue weighted by Gasteiger charge is -2.20. The monoisotopic (exact) mass is 602 g/mol. The van der Waals surface area contributed by atoms with Crippen molar-refractivity contribution in [3.63, 3.8) is 0 Å². The van der Waals surface area contributed by atoms with E-state index in [9.17, 15) is 29.4 Å². The van der Waals surface area contributed by atoms with Gasteiger partial charge in [0.2, 0.25) is 5.75 Å². The van der Waals surface area contributed by atoms with Crippen LogP contribution in [0.3, 0.4) is 0 Å². The molecule has 0 aliphatic rings. The summed E-state index contributed by atoms with van der Waals surface area (Å²) in [5.74, 6) is -6.73. The van der Waals surface area contributed by atoms with Gasteiger partial charge in [0.15, 0.2) is 23.1 Å². The number of aromatic hydroxyl groups is 2. The quantitative estimate of drug-likeness (QED) is 0.102. The number of rotatable bonds is 9. The van der Waals surface area contributed by atoms with Crippen molar-refractivity contribution in [1.82, 2.24) is 0 Å². The van der Waals surface area contributed by atoms with Crippen LogP contribution in [0.1, 0.15) is 65.9 Å². The van der Waals surface area contributed by atoms with Crippen LogP contribution in [-0.2, 0) is 4.74 Å². The molecule has 40 heavy (non-hydrogen) atoms. The minimum atomic E-state index is -1.12. The van der Waals surface area contributed by atoms with Gasteiger partial charge in [-0.1, -0.05) is 83.5 Å². The molecule has 0 heterocycles. The summed E-state index contributed by atoms with van der Waals surface area (Å²) in [5, 5.41) is 22.2. The Morgan fingerprint density at radius 2 is 1.25 bits per heavy atom. The van der Waals surface area contributed by atoms with E-state index < -0.39 is 57.4 Å². The molecule has 0 aromatic heterocycles. The number of carbonyl (C=O) groups excluding carboxylic acids is 4. The molecule has 0 spiro atoms. The van der Waals surface area contributed by atoms with Crippen LogP contribution in [0.2, 0.25) is 0 Å². The molecule has 4 rings (SSSR count). The normalized spacial score (nSPS) is 10.6. The van der Waals surface area contributed by atoms with E-state index in [0.29, 0.717) is 10.9 Å². The maximum Gasteiger partial charge on any atom is 0.343 e. The van der Waals surface area contributed by atoms with Crippen molar-refractivity contribution < 1.29 is 38.9 Å². The van der Waals surface area contributed by atoms with Gasteiger partial charge >= 0.3 is 11.9 Å². The maximum absolute atomic E-state index is 14.0. The predicted molar refractivity (Wildman–Crippen MR) is 149 cm³/mol. The third-order valence-corrected chi connectivity index (χ3v) is 6.55. The van der Waals surface area contributed by atoms with Crippen LogP contribution in [0.15, 0.2) is 89.4 Å². The molecule has 0 fully saturated rings. The molecule has 0 aliphatic heterocycles. The summed E-state index contributed by atoms with van der Waals surface area (Å²) in [5.41, 5.74) is -1.76. The van der Waals surface area contributed by atoms with Crippen molar-refractivity contribution in [1.29, 1.82) is 0 Å². The fourth-order valence-electron chi connectivity index (χ4n) is 3.95. The number of phenolic OH excluding ortho intramolecular Hbond substituents is 2. The Bertz CT molecular complexity index is 1600. The molecule has 4 aromatic rings. The molecule has 0 amide bonds. The Kier molecular flexibility index (Phi) is 8.76. The van der Waals surface area contributed by atoms with Crippen LogP contribution in [-0.4, -0.2) is 40.3 Å². The number of halogens is 1. The largest absolute Gasteiger partial charge is 0.504 e. The van der Waals surface area contributed by atoms with Gasteiger partial charge in [0.1, 0.15) is 0 Å². The van der Waals surface area contributed by atoms with Gasteiger partial charge < -0.3 is 19.7 Å². The molecule has 8 nitrogen and oxygen atoms in total. The second kappa shape index (κ2) is 12.4. The van der Waals surface area contributed by atoms with E-state index in [0.717, 1.165) is 0 Å². The standard InChI is InChI=1S/C31H23BrO8/c1-2-17-39-31(38)22-23(25(33)18-11-5-3-6-12-18)27(35)28(36)29(40-30(37)19-13-7-4-8-14-19)24(22)26(34)20-15-9-10-16-21(20)32/h3-16,35-36H,2,17H2,1H3. The number of ketones is 2. The molecular formula is C31H23BrO8. The van der Waals surface area contributed by atoms with Crippen molar-refractivity contribution in [3.05, 3.63) is 123 Å². The van der Waals surface area contributed by atoms with Crippen molar-refractivity contribution >= 4 is 39.4 Å². The van der Waals surface area contributed by atoms with Crippen LogP contribution in [0.25, 0.3) is 0 Å². The van der Waals surface area contributed by atoms with Gasteiger partial charge in [-0.05, 0) is 30.7 Å². The fraction of sp³-hybridized carbons (Fsp3) is 0.0968. The average Bonchev–Trinajstić information content (AvgIpc) is 2.98. The molecule has 0 bridgehead atoms. The minimum absolute atomic E-state index is 0.0345. The third kappa shape index (κ3) is 5.64. The Balaban J connectivity index is 2.06. The lowest BCUT2D eigenvalue weighted by atomic mass is 9.88. The fourth-order valence-corrected chi connectivity index (χ4v) is 4.41. The van der Waals surface area contributed by atoms with E-state index in [1.54, 1.807) is 61.5 Å². The van der Waals surface area contributed by atoms with Crippen molar-refractivity contribution in [2.45, 2.75) is 13.3 Å². The van der Waals surface area contributed by atoms with Gasteiger partial charge in [0.25, 0.3) is 0 Å². The summed E-state index contributed by atoms with van der Waals surface area (Å²) in [6.45, 7) is 1.68. The number of phenols is 2. The number of hydrogen-bond donors (Lipinski definition) is 2. The van der Waals surface area contributed by atoms with Crippen LogP contribution < -0.4 is 4.74 Å². The highest BCUT2D eigenvalue weighted by molar-refractivity contribution is 9.10. The number of benzene rings is 4. The van der Waals surface area contributed by atoms with E-state index >= 15 is 0 Å². The van der Waals surface area contributed by atoms with Crippen LogP contribution >= 0.6 is 15.9 Å². The highest BCUT2D eigenvalue weighted by Gasteiger charge is 2.37. The zero-order chi connectivity index (χ0) is 28.8. The number of esters is 2. The van der Waals surface area contributed by atoms with Gasteiger partial charge in [-0.15, -0.1) is 0 Å². The molecule has 9 heteroatoms. The molecular weight excluding hydrogens is 580 g/mol. The SMILES string of the molecule is CCCOC(=O)c1c(C(=O)c2ccccc2)c(O)c(O)c(OC(=O)c2ccccc2)c1C(=O)c1ccccc1Br. The summed E-state index contributed by atoms with van der Waals surface area (Å²) >= 11 is 3.30. The first-order valence-electron chi connectivity index (χ1n) is 12.2. The summed E-state index contributed by atoms with van der Waals surface area (Å²) in [4.78, 5) is 54.2. The summed E-state index contributed by atoms with van der Waals surface area (Å²) in [7, 11) is 0. The molecule has 0 unspecified atom stereocenters. The highest BCUT2D eigenvalue weighted by atomic mass is 79.9. The summed E-state index contributed by atoms with van der Waals surface area (Å²) in [6.07, 6.45) is 0.418. The zero-order valence-corrected chi connectivity index (χ0v) is 22.8. The molecule has 0 atom stereocenters. The van der Waals surface area contributed by atoms with Gasteiger partial charge in [-0.3, -0.25) is 9.59 Å². The molecule has 4 aromatic carbocycles. The second-order valence-corrected chi connectivity index (χ2v) is 9.40. The Morgan fingerprint density at radius 3 is 1.85 bits per heavy atom. The van der Waals surface area contributed by atoms with Crippen LogP contribution in [0.4, 0.5) is 0 Å². The maximum atomic E-state index is 14.0. The number of hydrogen-bond acceptors (Lipinski definition) is 8. The first kappa shape index (κ1) is 28.3. The van der Waals surface area contributed by atoms with E-state index in [4.69, 9.17) is 9.47 Å². The van der Waals surface area contributed by atoms with Crippen LogP contribution in [0.5, 0.6) is 17.2 Å². The lowest BCUT2D eigenvalue weighted by Crippen LogP contribution is -2.22. The topological polar surface area (TPSA) is 127 Å². The average molecular weight is 603 g/mol. The third-order valence-electron chi connectivity index (χ3n) is 5.86. The Morgan fingerprint density at radius 1 is 0.675 bits per heavy atom. The van der Waals surface area contributed by atoms with Crippen LogP contribution in [0, 0.1) is 0 Å². The summed E-state index contributed by atoms with van der Waals surface area (Å²) in [6, 6.07) is 21.7. The van der Waals surface area contributed by atoms with Gasteiger partial charge in [-0.25, -0.2) is 9.59 Å². The number of ether oxygens (including phenoxy) is 2. The minimum Gasteiger partial charge on any atom is -0.504 e. The van der Waals surface area contributed by atoms with Gasteiger partial charge in [-0.2, -0.15) is 0 Å². The van der Waals surface area contributed by atoms with Gasteiger partial charge in [0.05, 0.1) is 28.9 Å². The van der Waals surface area contributed by atoms with E-state index in [1.165, 1.54) is 30.3 Å². The predicted octanol–water partition coefficient (Wildman–Crippen LogP) is 6.11. The first-order chi connectivity index (χ1) is 19.3.